The molecule has 28 heavy (non-hydrogen) atoms. The maximum Gasteiger partial charge on any atom is 0.339 e. The standard InChI is InChI=1S/C19H12ClN3O5/c20-9-2-4-11-10(6-9)19(18(27)22-11)15-14(7-28-17(15)26)21-13-5-8(16(24)25)1-3-12(13)23-19/h1-6,21,23H,7H2,(H,22,27)(H,24,25). The zero-order chi connectivity index (χ0) is 19.6. The van der Waals surface area contributed by atoms with E-state index >= 15 is 0 Å². The van der Waals surface area contributed by atoms with Crippen molar-refractivity contribution in [3.05, 3.63) is 63.8 Å². The monoisotopic (exact) mass is 397 g/mol. The van der Waals surface area contributed by atoms with E-state index in [9.17, 15) is 19.5 Å². The van der Waals surface area contributed by atoms with Crippen LogP contribution in [0.2, 0.25) is 5.02 Å². The van der Waals surface area contributed by atoms with Crippen LogP contribution in [0.5, 0.6) is 0 Å². The predicted molar refractivity (Wildman–Crippen MR) is 100 cm³/mol. The first-order valence-electron chi connectivity index (χ1n) is 8.35. The largest absolute Gasteiger partial charge is 0.478 e. The van der Waals surface area contributed by atoms with E-state index in [4.69, 9.17) is 16.3 Å². The van der Waals surface area contributed by atoms with E-state index in [1.807, 2.05) is 0 Å². The molecule has 1 spiro atoms. The van der Waals surface area contributed by atoms with Crippen LogP contribution >= 0.6 is 11.6 Å². The molecule has 0 saturated heterocycles. The van der Waals surface area contributed by atoms with Gasteiger partial charge in [0.2, 0.25) is 0 Å². The Hall–Kier alpha value is -3.52. The van der Waals surface area contributed by atoms with Gasteiger partial charge in [0.25, 0.3) is 5.91 Å². The molecule has 1 amide bonds. The Morgan fingerprint density at radius 2 is 1.86 bits per heavy atom. The topological polar surface area (TPSA) is 117 Å². The molecule has 0 bridgehead atoms. The first-order chi connectivity index (χ1) is 13.4. The second-order valence-corrected chi connectivity index (χ2v) is 7.08. The predicted octanol–water partition coefficient (Wildman–Crippen LogP) is 2.53. The number of nitrogens with one attached hydrogen (secondary N) is 3. The van der Waals surface area contributed by atoms with Gasteiger partial charge in [-0.1, -0.05) is 11.6 Å². The highest BCUT2D eigenvalue weighted by Crippen LogP contribution is 2.49. The fourth-order valence-corrected chi connectivity index (χ4v) is 4.02. The SMILES string of the molecule is O=C1OCC2=C1C1(Nc3ccc(C(=O)O)cc3N2)C(=O)Nc2ccc(Cl)cc21. The van der Waals surface area contributed by atoms with E-state index in [-0.39, 0.29) is 17.7 Å². The minimum absolute atomic E-state index is 0.0580. The number of carbonyl (C=O) groups is 3. The molecule has 8 nitrogen and oxygen atoms in total. The molecular formula is C19H12ClN3O5. The van der Waals surface area contributed by atoms with Crippen LogP contribution in [0, 0.1) is 0 Å². The number of amides is 1. The minimum Gasteiger partial charge on any atom is -0.478 e. The lowest BCUT2D eigenvalue weighted by Gasteiger charge is -2.29. The summed E-state index contributed by atoms with van der Waals surface area (Å²) in [4.78, 5) is 37.1. The maximum absolute atomic E-state index is 13.2. The molecule has 5 rings (SSSR count). The third kappa shape index (κ3) is 2.09. The number of carboxylic acids is 1. The molecule has 140 valence electrons. The van der Waals surface area contributed by atoms with E-state index in [0.717, 1.165) is 0 Å². The van der Waals surface area contributed by atoms with Crippen LogP contribution in [0.3, 0.4) is 0 Å². The first-order valence-corrected chi connectivity index (χ1v) is 8.73. The van der Waals surface area contributed by atoms with Crippen LogP contribution in [0.1, 0.15) is 15.9 Å². The fraction of sp³-hybridized carbons (Fsp3) is 0.105. The van der Waals surface area contributed by atoms with Crippen molar-refractivity contribution in [1.82, 2.24) is 0 Å². The number of aromatic carboxylic acids is 1. The van der Waals surface area contributed by atoms with Crippen LogP contribution in [-0.2, 0) is 19.9 Å². The van der Waals surface area contributed by atoms with Crippen molar-refractivity contribution in [1.29, 1.82) is 0 Å². The first kappa shape index (κ1) is 16.6. The van der Waals surface area contributed by atoms with E-state index in [1.165, 1.54) is 12.1 Å². The number of esters is 1. The van der Waals surface area contributed by atoms with Crippen molar-refractivity contribution in [3.8, 4) is 0 Å². The van der Waals surface area contributed by atoms with Gasteiger partial charge in [-0.3, -0.25) is 4.79 Å². The summed E-state index contributed by atoms with van der Waals surface area (Å²) in [6.45, 7) is -0.0580. The third-order valence-corrected chi connectivity index (χ3v) is 5.31. The van der Waals surface area contributed by atoms with Crippen molar-refractivity contribution in [2.24, 2.45) is 0 Å². The normalized spacial score (nSPS) is 21.8. The Balaban J connectivity index is 1.80. The number of fused-ring (bicyclic) bond motifs is 4. The van der Waals surface area contributed by atoms with E-state index < -0.39 is 23.4 Å². The number of carboxylic acid groups (broad SMARTS) is 1. The van der Waals surface area contributed by atoms with E-state index in [1.54, 1.807) is 24.3 Å². The second-order valence-electron chi connectivity index (χ2n) is 6.64. The Kier molecular flexibility index (Phi) is 3.26. The fourth-order valence-electron chi connectivity index (χ4n) is 3.85. The van der Waals surface area contributed by atoms with Gasteiger partial charge < -0.3 is 25.8 Å². The number of anilines is 3. The summed E-state index contributed by atoms with van der Waals surface area (Å²) in [7, 11) is 0. The molecule has 1 atom stereocenters. The van der Waals surface area contributed by atoms with Crippen molar-refractivity contribution >= 4 is 46.5 Å². The highest BCUT2D eigenvalue weighted by Gasteiger charge is 2.57. The molecular weight excluding hydrogens is 386 g/mol. The van der Waals surface area contributed by atoms with Gasteiger partial charge in [0.15, 0.2) is 5.54 Å². The summed E-state index contributed by atoms with van der Waals surface area (Å²) >= 11 is 6.17. The molecule has 4 N–H and O–H groups in total. The number of cyclic esters (lactones) is 1. The molecule has 0 radical (unpaired) electrons. The molecule has 0 saturated carbocycles. The average Bonchev–Trinajstić information content (AvgIpc) is 3.08. The zero-order valence-corrected chi connectivity index (χ0v) is 14.9. The van der Waals surface area contributed by atoms with E-state index in [0.29, 0.717) is 33.3 Å². The molecule has 2 aromatic carbocycles. The van der Waals surface area contributed by atoms with Gasteiger partial charge in [0.1, 0.15) is 6.61 Å². The second kappa shape index (κ2) is 5.49. The van der Waals surface area contributed by atoms with Crippen LogP contribution in [-0.4, -0.2) is 29.6 Å². The number of hydrogen-bond donors (Lipinski definition) is 4. The van der Waals surface area contributed by atoms with Crippen LogP contribution in [0.25, 0.3) is 0 Å². The van der Waals surface area contributed by atoms with Gasteiger partial charge in [-0.2, -0.15) is 0 Å². The van der Waals surface area contributed by atoms with Gasteiger partial charge in [-0.15, -0.1) is 0 Å². The smallest absolute Gasteiger partial charge is 0.339 e. The van der Waals surface area contributed by atoms with Gasteiger partial charge in [0, 0.05) is 16.3 Å². The summed E-state index contributed by atoms with van der Waals surface area (Å²) < 4.78 is 5.18. The minimum atomic E-state index is -1.55. The van der Waals surface area contributed by atoms with Crippen LogP contribution in [0.4, 0.5) is 17.1 Å². The van der Waals surface area contributed by atoms with Gasteiger partial charge >= 0.3 is 11.9 Å². The summed E-state index contributed by atoms with van der Waals surface area (Å²) in [5.74, 6) is -2.18. The Labute approximate surface area is 163 Å². The number of hydrogen-bond acceptors (Lipinski definition) is 6. The Morgan fingerprint density at radius 3 is 2.64 bits per heavy atom. The molecule has 9 heteroatoms. The van der Waals surface area contributed by atoms with Gasteiger partial charge in [0.05, 0.1) is 28.2 Å². The molecule has 3 aliphatic heterocycles. The quantitative estimate of drug-likeness (QED) is 0.546. The third-order valence-electron chi connectivity index (χ3n) is 5.08. The highest BCUT2D eigenvalue weighted by molar-refractivity contribution is 6.31. The number of halogens is 1. The zero-order valence-electron chi connectivity index (χ0n) is 14.1. The summed E-state index contributed by atoms with van der Waals surface area (Å²) in [5, 5.41) is 18.7. The molecule has 1 unspecified atom stereocenters. The van der Waals surface area contributed by atoms with Crippen molar-refractivity contribution in [2.45, 2.75) is 5.54 Å². The highest BCUT2D eigenvalue weighted by atomic mass is 35.5. The van der Waals surface area contributed by atoms with Crippen molar-refractivity contribution < 1.29 is 24.2 Å². The molecule has 3 aliphatic rings. The molecule has 0 fully saturated rings. The maximum atomic E-state index is 13.2. The van der Waals surface area contributed by atoms with Gasteiger partial charge in [-0.05, 0) is 36.4 Å². The lowest BCUT2D eigenvalue weighted by atomic mass is 9.82. The van der Waals surface area contributed by atoms with Crippen LogP contribution in [0.15, 0.2) is 47.7 Å². The molecule has 0 aromatic heterocycles. The summed E-state index contributed by atoms with van der Waals surface area (Å²) in [5.41, 5.74) is 0.941. The Bertz CT molecular complexity index is 1140. The Morgan fingerprint density at radius 1 is 1.07 bits per heavy atom. The summed E-state index contributed by atoms with van der Waals surface area (Å²) in [6.07, 6.45) is 0. The average molecular weight is 398 g/mol. The van der Waals surface area contributed by atoms with Crippen molar-refractivity contribution in [2.75, 3.05) is 22.6 Å². The lowest BCUT2D eigenvalue weighted by molar-refractivity contribution is -0.137. The van der Waals surface area contributed by atoms with Gasteiger partial charge in [-0.25, -0.2) is 9.59 Å². The number of rotatable bonds is 1. The van der Waals surface area contributed by atoms with Crippen molar-refractivity contribution in [3.63, 3.8) is 0 Å². The molecule has 0 aliphatic carbocycles. The van der Waals surface area contributed by atoms with Crippen LogP contribution < -0.4 is 16.0 Å². The molecule has 2 aromatic rings. The summed E-state index contributed by atoms with van der Waals surface area (Å²) in [6, 6.07) is 9.33. The number of carbonyl (C=O) groups excluding carboxylic acids is 2. The molecule has 3 heterocycles. The van der Waals surface area contributed by atoms with E-state index in [2.05, 4.69) is 16.0 Å². The number of benzene rings is 2. The number of ether oxygens (including phenoxy) is 1. The lowest BCUT2D eigenvalue weighted by Crippen LogP contribution is -2.45.